The Kier molecular flexibility index (Phi) is 3.64. The van der Waals surface area contributed by atoms with E-state index in [2.05, 4.69) is 90.4 Å². The number of rotatable bonds is 2. The van der Waals surface area contributed by atoms with Crippen LogP contribution in [0.3, 0.4) is 0 Å². The molecule has 2 N–H and O–H groups in total. The summed E-state index contributed by atoms with van der Waals surface area (Å²) >= 11 is 6.72. The topological polar surface area (TPSA) is 39.7 Å². The monoisotopic (exact) mass is 490 g/mol. The number of halogens is 3. The van der Waals surface area contributed by atoms with Gasteiger partial charge in [-0.05, 0) is 67.8 Å². The third kappa shape index (κ3) is 2.30. The second-order valence-electron chi connectivity index (χ2n) is 1.77. The minimum atomic E-state index is -0.202. The van der Waals surface area contributed by atoms with Gasteiger partial charge in [-0.3, -0.25) is 5.43 Å². The first kappa shape index (κ1) is 10.2. The molecule has 1 heterocycles. The fourth-order valence-corrected chi connectivity index (χ4v) is 1.20. The van der Waals surface area contributed by atoms with Crippen molar-refractivity contribution < 1.29 is 0 Å². The van der Waals surface area contributed by atoms with Gasteiger partial charge in [-0.15, -0.1) is 0 Å². The van der Waals surface area contributed by atoms with Gasteiger partial charge in [-0.25, -0.2) is 5.53 Å². The molecule has 0 spiro atoms. The van der Waals surface area contributed by atoms with Crippen molar-refractivity contribution in [2.45, 2.75) is 1.55 Å². The molecule has 0 aromatic rings. The van der Waals surface area contributed by atoms with Gasteiger partial charge in [0, 0.05) is 3.58 Å². The Morgan fingerprint density at radius 2 is 2.27 bits per heavy atom. The van der Waals surface area contributed by atoms with Crippen LogP contribution in [0.15, 0.2) is 15.3 Å². The summed E-state index contributed by atoms with van der Waals surface area (Å²) in [5, 5.41) is 5.57. The highest BCUT2D eigenvalue weighted by molar-refractivity contribution is 14.2. The standard InChI is InChI=1S/C4H5I3N4/c1-3(5)4(6,7)11-9-2-8-10-11/h2,10H,1H2,(H,8,9). The molecule has 0 amide bonds. The average molecular weight is 490 g/mol. The fourth-order valence-electron chi connectivity index (χ4n) is 0.467. The molecular formula is C4H5I3N4. The van der Waals surface area contributed by atoms with Gasteiger partial charge in [0.05, 0.1) is 0 Å². The van der Waals surface area contributed by atoms with Gasteiger partial charge >= 0.3 is 0 Å². The van der Waals surface area contributed by atoms with E-state index in [0.29, 0.717) is 0 Å². The number of hydrazone groups is 1. The maximum absolute atomic E-state index is 3.87. The molecule has 0 bridgehead atoms. The summed E-state index contributed by atoms with van der Waals surface area (Å²) in [4.78, 5) is 0. The van der Waals surface area contributed by atoms with Gasteiger partial charge in [0.1, 0.15) is 6.34 Å². The van der Waals surface area contributed by atoms with Crippen LogP contribution in [-0.4, -0.2) is 13.0 Å². The Hall–Kier alpha value is 1.16. The van der Waals surface area contributed by atoms with Crippen molar-refractivity contribution in [1.82, 2.24) is 16.1 Å². The second kappa shape index (κ2) is 3.91. The lowest BCUT2D eigenvalue weighted by Crippen LogP contribution is -2.49. The van der Waals surface area contributed by atoms with Crippen LogP contribution in [0.1, 0.15) is 0 Å². The molecule has 0 saturated carbocycles. The van der Waals surface area contributed by atoms with Crippen molar-refractivity contribution >= 4 is 74.1 Å². The molecule has 0 atom stereocenters. The Morgan fingerprint density at radius 3 is 2.64 bits per heavy atom. The molecule has 4 nitrogen and oxygen atoms in total. The van der Waals surface area contributed by atoms with Crippen LogP contribution in [0, 0.1) is 0 Å². The molecule has 11 heavy (non-hydrogen) atoms. The van der Waals surface area contributed by atoms with E-state index in [4.69, 9.17) is 0 Å². The zero-order chi connectivity index (χ0) is 8.48. The van der Waals surface area contributed by atoms with Gasteiger partial charge in [-0.2, -0.15) is 5.10 Å². The van der Waals surface area contributed by atoms with Crippen molar-refractivity contribution in [1.29, 1.82) is 0 Å². The van der Waals surface area contributed by atoms with Crippen LogP contribution >= 0.6 is 67.8 Å². The minimum absolute atomic E-state index is 0.202. The van der Waals surface area contributed by atoms with Crippen LogP contribution in [0.25, 0.3) is 0 Å². The molecule has 0 radical (unpaired) electrons. The summed E-state index contributed by atoms with van der Waals surface area (Å²) in [6.45, 7) is 3.87. The highest BCUT2D eigenvalue weighted by atomic mass is 127. The zero-order valence-electron chi connectivity index (χ0n) is 5.31. The van der Waals surface area contributed by atoms with E-state index >= 15 is 0 Å². The van der Waals surface area contributed by atoms with E-state index in [0.717, 1.165) is 3.58 Å². The van der Waals surface area contributed by atoms with Crippen molar-refractivity contribution in [3.8, 4) is 0 Å². The predicted octanol–water partition coefficient (Wildman–Crippen LogP) is 1.73. The van der Waals surface area contributed by atoms with Crippen LogP contribution in [0.2, 0.25) is 0 Å². The quantitative estimate of drug-likeness (QED) is 0.353. The van der Waals surface area contributed by atoms with Gasteiger partial charge in [0.15, 0.2) is 1.55 Å². The van der Waals surface area contributed by atoms with Crippen LogP contribution in [0.4, 0.5) is 0 Å². The van der Waals surface area contributed by atoms with Crippen molar-refractivity contribution in [3.05, 3.63) is 10.2 Å². The molecule has 0 fully saturated rings. The Labute approximate surface area is 106 Å². The summed E-state index contributed by atoms with van der Waals surface area (Å²) < 4.78 is 0.814. The van der Waals surface area contributed by atoms with E-state index < -0.39 is 0 Å². The Morgan fingerprint density at radius 1 is 1.64 bits per heavy atom. The normalized spacial score (nSPS) is 17.7. The smallest absolute Gasteiger partial charge is 0.193 e. The number of alkyl halides is 2. The first-order valence-electron chi connectivity index (χ1n) is 2.61. The number of hydrogen-bond donors (Lipinski definition) is 2. The molecule has 0 saturated heterocycles. The van der Waals surface area contributed by atoms with Gasteiger partial charge in [-0.1, -0.05) is 11.7 Å². The second-order valence-corrected chi connectivity index (χ2v) is 8.26. The van der Waals surface area contributed by atoms with Crippen molar-refractivity contribution in [2.75, 3.05) is 0 Å². The lowest BCUT2D eigenvalue weighted by Gasteiger charge is -2.29. The zero-order valence-corrected chi connectivity index (χ0v) is 11.8. The number of hydrogen-bond acceptors (Lipinski definition) is 4. The maximum atomic E-state index is 3.87. The number of nitrogens with one attached hydrogen (secondary N) is 2. The van der Waals surface area contributed by atoms with Crippen LogP contribution < -0.4 is 11.0 Å². The molecule has 62 valence electrons. The van der Waals surface area contributed by atoms with Gasteiger partial charge in [0.25, 0.3) is 0 Å². The SMILES string of the molecule is C=C(I)C(I)(I)N1NC=NN1. The molecular weight excluding hydrogens is 485 g/mol. The van der Waals surface area contributed by atoms with Crippen LogP contribution in [-0.2, 0) is 0 Å². The molecule has 0 aliphatic carbocycles. The third-order valence-corrected chi connectivity index (χ3v) is 6.13. The number of hydrazine groups is 2. The first-order valence-corrected chi connectivity index (χ1v) is 5.85. The van der Waals surface area contributed by atoms with E-state index in [9.17, 15) is 0 Å². The molecule has 1 rings (SSSR count). The van der Waals surface area contributed by atoms with E-state index in [1.165, 1.54) is 0 Å². The summed E-state index contributed by atoms with van der Waals surface area (Å²) in [5.41, 5.74) is 5.72. The molecule has 0 unspecified atom stereocenters. The summed E-state index contributed by atoms with van der Waals surface area (Å²) in [6.07, 6.45) is 1.59. The van der Waals surface area contributed by atoms with Crippen molar-refractivity contribution in [2.24, 2.45) is 5.10 Å². The summed E-state index contributed by atoms with van der Waals surface area (Å²) in [6, 6.07) is 0. The van der Waals surface area contributed by atoms with Gasteiger partial charge < -0.3 is 0 Å². The maximum Gasteiger partial charge on any atom is 0.193 e. The molecule has 1 aliphatic heterocycles. The molecule has 0 aromatic heterocycles. The lowest BCUT2D eigenvalue weighted by molar-refractivity contribution is 0.186. The molecule has 7 heteroatoms. The lowest BCUT2D eigenvalue weighted by atomic mass is 10.6. The first-order chi connectivity index (χ1) is 5.05. The fraction of sp³-hybridized carbons (Fsp3) is 0.250. The van der Waals surface area contributed by atoms with Crippen molar-refractivity contribution in [3.63, 3.8) is 0 Å². The van der Waals surface area contributed by atoms with E-state index in [1.54, 1.807) is 11.5 Å². The Bertz CT molecular complexity index is 194. The largest absolute Gasteiger partial charge is 0.286 e. The highest BCUT2D eigenvalue weighted by Gasteiger charge is 2.34. The van der Waals surface area contributed by atoms with Gasteiger partial charge in [0.2, 0.25) is 0 Å². The van der Waals surface area contributed by atoms with Crippen LogP contribution in [0.5, 0.6) is 0 Å². The Balaban J connectivity index is 2.65. The number of nitrogens with zero attached hydrogens (tertiary/aromatic N) is 2. The molecule has 0 aromatic carbocycles. The average Bonchev–Trinajstić information content (AvgIpc) is 2.37. The highest BCUT2D eigenvalue weighted by Crippen LogP contribution is 2.39. The van der Waals surface area contributed by atoms with E-state index in [-0.39, 0.29) is 1.55 Å². The molecule has 1 aliphatic rings. The summed E-state index contributed by atoms with van der Waals surface area (Å²) in [7, 11) is 0. The minimum Gasteiger partial charge on any atom is -0.286 e. The third-order valence-electron chi connectivity index (χ3n) is 1.02. The summed E-state index contributed by atoms with van der Waals surface area (Å²) in [5.74, 6) is 0. The predicted molar refractivity (Wildman–Crippen MR) is 70.5 cm³/mol. The van der Waals surface area contributed by atoms with E-state index in [1.807, 2.05) is 0 Å².